The predicted molar refractivity (Wildman–Crippen MR) is 69.7 cm³/mol. The minimum atomic E-state index is 0.480. The zero-order valence-corrected chi connectivity index (χ0v) is 9.97. The molecule has 3 N–H and O–H groups in total. The lowest BCUT2D eigenvalue weighted by Gasteiger charge is -2.05. The van der Waals surface area contributed by atoms with Crippen molar-refractivity contribution >= 4 is 23.4 Å². The lowest BCUT2D eigenvalue weighted by Crippen LogP contribution is -2.23. The number of aryl methyl sites for hydroxylation is 1. The van der Waals surface area contributed by atoms with Crippen molar-refractivity contribution in [1.29, 1.82) is 0 Å². The Morgan fingerprint density at radius 1 is 1.40 bits per heavy atom. The van der Waals surface area contributed by atoms with Crippen LogP contribution in [0, 0.1) is 6.92 Å². The molecule has 15 heavy (non-hydrogen) atoms. The van der Waals surface area contributed by atoms with Gasteiger partial charge in [0.1, 0.15) is 0 Å². The number of nitrogens with two attached hydrogens (primary N) is 1. The average Bonchev–Trinajstić information content (AvgIpc) is 2.22. The van der Waals surface area contributed by atoms with Crippen LogP contribution in [0.5, 0.6) is 0 Å². The van der Waals surface area contributed by atoms with Crippen molar-refractivity contribution in [3.63, 3.8) is 0 Å². The molecule has 1 rings (SSSR count). The van der Waals surface area contributed by atoms with Crippen LogP contribution in [-0.2, 0) is 0 Å². The van der Waals surface area contributed by atoms with Crippen LogP contribution >= 0.6 is 11.8 Å². The summed E-state index contributed by atoms with van der Waals surface area (Å²) in [5, 5.41) is 3.05. The molecule has 0 radical (unpaired) electrons. The minimum absolute atomic E-state index is 0.480. The normalized spacial score (nSPS) is 11.5. The third-order valence-electron chi connectivity index (χ3n) is 1.90. The number of hydrogen-bond acceptors (Lipinski definition) is 2. The summed E-state index contributed by atoms with van der Waals surface area (Å²) in [6.07, 6.45) is 2.05. The van der Waals surface area contributed by atoms with Gasteiger partial charge in [-0.3, -0.25) is 4.99 Å². The number of anilines is 1. The van der Waals surface area contributed by atoms with E-state index in [4.69, 9.17) is 5.73 Å². The van der Waals surface area contributed by atoms with E-state index in [1.54, 1.807) is 11.8 Å². The third kappa shape index (κ3) is 4.74. The summed E-state index contributed by atoms with van der Waals surface area (Å²) in [5.41, 5.74) is 7.93. The minimum Gasteiger partial charge on any atom is -0.370 e. The van der Waals surface area contributed by atoms with Gasteiger partial charge in [-0.1, -0.05) is 17.7 Å². The molecular weight excluding hydrogens is 206 g/mol. The molecule has 0 aliphatic carbocycles. The molecule has 0 atom stereocenters. The first kappa shape index (κ1) is 11.9. The van der Waals surface area contributed by atoms with Crippen LogP contribution in [-0.4, -0.2) is 24.5 Å². The second-order valence-corrected chi connectivity index (χ2v) is 4.24. The monoisotopic (exact) mass is 223 g/mol. The number of hydrogen-bond donors (Lipinski definition) is 2. The molecule has 0 aliphatic heterocycles. The average molecular weight is 223 g/mol. The van der Waals surface area contributed by atoms with Crippen molar-refractivity contribution in [2.24, 2.45) is 10.7 Å². The number of nitrogens with one attached hydrogen (secondary N) is 1. The Kier molecular flexibility index (Phi) is 5.04. The van der Waals surface area contributed by atoms with Crippen molar-refractivity contribution in [1.82, 2.24) is 0 Å². The van der Waals surface area contributed by atoms with Crippen molar-refractivity contribution in [2.75, 3.05) is 23.9 Å². The first-order valence-corrected chi connectivity index (χ1v) is 6.24. The summed E-state index contributed by atoms with van der Waals surface area (Å²) in [7, 11) is 0. The van der Waals surface area contributed by atoms with Crippen LogP contribution in [0.25, 0.3) is 0 Å². The van der Waals surface area contributed by atoms with E-state index >= 15 is 0 Å². The standard InChI is InChI=1S/C11H17N3S/c1-9-3-5-10(6-4-9)14-11(12)13-7-8-15-2/h3-6H,7-8H2,1-2H3,(H3,12,13,14). The second-order valence-electron chi connectivity index (χ2n) is 3.25. The van der Waals surface area contributed by atoms with Crippen molar-refractivity contribution in [2.45, 2.75) is 6.92 Å². The molecule has 0 unspecified atom stereocenters. The Balaban J connectivity index is 2.47. The fourth-order valence-corrected chi connectivity index (χ4v) is 1.36. The van der Waals surface area contributed by atoms with E-state index in [1.165, 1.54) is 5.56 Å². The number of rotatable bonds is 4. The van der Waals surface area contributed by atoms with Gasteiger partial charge < -0.3 is 11.1 Å². The van der Waals surface area contributed by atoms with Crippen LogP contribution in [0.2, 0.25) is 0 Å². The topological polar surface area (TPSA) is 50.4 Å². The van der Waals surface area contributed by atoms with Crippen LogP contribution in [0.4, 0.5) is 5.69 Å². The fourth-order valence-electron chi connectivity index (χ4n) is 1.08. The fraction of sp³-hybridized carbons (Fsp3) is 0.364. The van der Waals surface area contributed by atoms with Crippen LogP contribution in [0.15, 0.2) is 29.3 Å². The van der Waals surface area contributed by atoms with Gasteiger partial charge in [-0.15, -0.1) is 0 Å². The van der Waals surface area contributed by atoms with E-state index in [2.05, 4.69) is 23.5 Å². The number of nitrogens with zero attached hydrogens (tertiary/aromatic N) is 1. The zero-order chi connectivity index (χ0) is 11.1. The Hall–Kier alpha value is -1.16. The Bertz CT molecular complexity index is 319. The Labute approximate surface area is 95.2 Å². The first-order valence-electron chi connectivity index (χ1n) is 4.85. The summed E-state index contributed by atoms with van der Waals surface area (Å²) in [4.78, 5) is 4.19. The van der Waals surface area contributed by atoms with Crippen molar-refractivity contribution < 1.29 is 0 Å². The molecule has 0 saturated heterocycles. The Morgan fingerprint density at radius 2 is 2.07 bits per heavy atom. The number of benzene rings is 1. The molecule has 82 valence electrons. The highest BCUT2D eigenvalue weighted by molar-refractivity contribution is 7.98. The van der Waals surface area contributed by atoms with Gasteiger partial charge in [0.05, 0.1) is 6.54 Å². The lowest BCUT2D eigenvalue weighted by atomic mass is 10.2. The summed E-state index contributed by atoms with van der Waals surface area (Å²) in [5.74, 6) is 1.48. The molecule has 0 bridgehead atoms. The van der Waals surface area contributed by atoms with Gasteiger partial charge in [0.15, 0.2) is 5.96 Å². The van der Waals surface area contributed by atoms with E-state index in [0.717, 1.165) is 18.0 Å². The molecular formula is C11H17N3S. The van der Waals surface area contributed by atoms with Gasteiger partial charge >= 0.3 is 0 Å². The van der Waals surface area contributed by atoms with Gasteiger partial charge in [-0.05, 0) is 25.3 Å². The van der Waals surface area contributed by atoms with Crippen molar-refractivity contribution in [3.8, 4) is 0 Å². The van der Waals surface area contributed by atoms with E-state index < -0.39 is 0 Å². The van der Waals surface area contributed by atoms with Gasteiger partial charge in [0, 0.05) is 11.4 Å². The maximum absolute atomic E-state index is 5.71. The van der Waals surface area contributed by atoms with Crippen LogP contribution in [0.1, 0.15) is 5.56 Å². The summed E-state index contributed by atoms with van der Waals surface area (Å²) in [6, 6.07) is 8.06. The molecule has 3 nitrogen and oxygen atoms in total. The number of thioether (sulfide) groups is 1. The quantitative estimate of drug-likeness (QED) is 0.467. The van der Waals surface area contributed by atoms with Gasteiger partial charge in [0.25, 0.3) is 0 Å². The van der Waals surface area contributed by atoms with E-state index in [9.17, 15) is 0 Å². The number of guanidine groups is 1. The second kappa shape index (κ2) is 6.35. The molecule has 0 aliphatic rings. The molecule has 0 spiro atoms. The highest BCUT2D eigenvalue weighted by Crippen LogP contribution is 2.07. The third-order valence-corrected chi connectivity index (χ3v) is 2.49. The molecule has 0 heterocycles. The maximum atomic E-state index is 5.71. The highest BCUT2D eigenvalue weighted by atomic mass is 32.2. The van der Waals surface area contributed by atoms with E-state index in [-0.39, 0.29) is 0 Å². The SMILES string of the molecule is CSCCN=C(N)Nc1ccc(C)cc1. The highest BCUT2D eigenvalue weighted by Gasteiger charge is 1.93. The molecule has 0 fully saturated rings. The van der Waals surface area contributed by atoms with Crippen LogP contribution in [0.3, 0.4) is 0 Å². The smallest absolute Gasteiger partial charge is 0.193 e. The largest absolute Gasteiger partial charge is 0.370 e. The molecule has 1 aromatic carbocycles. The maximum Gasteiger partial charge on any atom is 0.193 e. The molecule has 0 aromatic heterocycles. The van der Waals surface area contributed by atoms with Gasteiger partial charge in [-0.2, -0.15) is 11.8 Å². The molecule has 0 saturated carbocycles. The summed E-state index contributed by atoms with van der Waals surface area (Å²) in [6.45, 7) is 2.81. The van der Waals surface area contributed by atoms with E-state index in [0.29, 0.717) is 5.96 Å². The molecule has 4 heteroatoms. The first-order chi connectivity index (χ1) is 7.22. The molecule has 1 aromatic rings. The Morgan fingerprint density at radius 3 is 2.67 bits per heavy atom. The van der Waals surface area contributed by atoms with Crippen molar-refractivity contribution in [3.05, 3.63) is 29.8 Å². The number of aliphatic imine (C=N–C) groups is 1. The summed E-state index contributed by atoms with van der Waals surface area (Å²) < 4.78 is 0. The lowest BCUT2D eigenvalue weighted by molar-refractivity contribution is 1.13. The predicted octanol–water partition coefficient (Wildman–Crippen LogP) is 2.08. The molecule has 0 amide bonds. The van der Waals surface area contributed by atoms with Gasteiger partial charge in [-0.25, -0.2) is 0 Å². The van der Waals surface area contributed by atoms with Crippen LogP contribution < -0.4 is 11.1 Å². The van der Waals surface area contributed by atoms with E-state index in [1.807, 2.05) is 24.3 Å². The summed E-state index contributed by atoms with van der Waals surface area (Å²) >= 11 is 1.76. The van der Waals surface area contributed by atoms with Gasteiger partial charge in [0.2, 0.25) is 0 Å². The zero-order valence-electron chi connectivity index (χ0n) is 9.16.